The highest BCUT2D eigenvalue weighted by Crippen LogP contribution is 2.22. The number of rotatable bonds is 5. The lowest BCUT2D eigenvalue weighted by atomic mass is 10.1. The third-order valence-electron chi connectivity index (χ3n) is 4.38. The molecule has 0 spiro atoms. The lowest BCUT2D eigenvalue weighted by Crippen LogP contribution is -2.27. The SMILES string of the molecule is O=C(Cc1c[nH]c2ccccc12)Nc1ccccc1C(=O)NC1CC1. The molecule has 0 unspecified atom stereocenters. The van der Waals surface area contributed by atoms with Gasteiger partial charge >= 0.3 is 0 Å². The summed E-state index contributed by atoms with van der Waals surface area (Å²) >= 11 is 0. The summed E-state index contributed by atoms with van der Waals surface area (Å²) in [6, 6.07) is 15.3. The molecule has 0 bridgehead atoms. The molecule has 2 amide bonds. The van der Waals surface area contributed by atoms with Crippen LogP contribution in [0.25, 0.3) is 10.9 Å². The van der Waals surface area contributed by atoms with Gasteiger partial charge in [0.15, 0.2) is 0 Å². The number of anilines is 1. The van der Waals surface area contributed by atoms with Crippen molar-refractivity contribution in [2.24, 2.45) is 0 Å². The number of fused-ring (bicyclic) bond motifs is 1. The van der Waals surface area contributed by atoms with Crippen molar-refractivity contribution in [2.75, 3.05) is 5.32 Å². The number of carbonyl (C=O) groups is 2. The molecule has 2 aromatic carbocycles. The van der Waals surface area contributed by atoms with E-state index in [9.17, 15) is 9.59 Å². The van der Waals surface area contributed by atoms with Crippen molar-refractivity contribution in [1.82, 2.24) is 10.3 Å². The minimum absolute atomic E-state index is 0.134. The summed E-state index contributed by atoms with van der Waals surface area (Å²) in [6.07, 6.45) is 4.17. The van der Waals surface area contributed by atoms with Gasteiger partial charge in [-0.25, -0.2) is 0 Å². The van der Waals surface area contributed by atoms with E-state index in [0.29, 0.717) is 11.3 Å². The Morgan fingerprint density at radius 3 is 2.64 bits per heavy atom. The second-order valence-corrected chi connectivity index (χ2v) is 6.38. The van der Waals surface area contributed by atoms with E-state index in [1.54, 1.807) is 18.2 Å². The number of amides is 2. The summed E-state index contributed by atoms with van der Waals surface area (Å²) in [5, 5.41) is 6.87. The zero-order valence-electron chi connectivity index (χ0n) is 13.7. The molecule has 0 radical (unpaired) electrons. The van der Waals surface area contributed by atoms with E-state index >= 15 is 0 Å². The third kappa shape index (κ3) is 3.40. The summed E-state index contributed by atoms with van der Waals surface area (Å²) in [4.78, 5) is 28.0. The zero-order chi connectivity index (χ0) is 17.2. The van der Waals surface area contributed by atoms with Crippen LogP contribution in [0.4, 0.5) is 5.69 Å². The van der Waals surface area contributed by atoms with Crippen molar-refractivity contribution >= 4 is 28.4 Å². The number of hydrogen-bond acceptors (Lipinski definition) is 2. The van der Waals surface area contributed by atoms with E-state index in [1.807, 2.05) is 36.5 Å². The highest BCUT2D eigenvalue weighted by atomic mass is 16.2. The average molecular weight is 333 g/mol. The molecule has 5 nitrogen and oxygen atoms in total. The van der Waals surface area contributed by atoms with Gasteiger partial charge in [0.25, 0.3) is 5.91 Å². The predicted molar refractivity (Wildman–Crippen MR) is 97.6 cm³/mol. The highest BCUT2D eigenvalue weighted by molar-refractivity contribution is 6.04. The molecule has 1 aliphatic rings. The molecule has 1 saturated carbocycles. The lowest BCUT2D eigenvalue weighted by molar-refractivity contribution is -0.115. The normalized spacial score (nSPS) is 13.6. The standard InChI is InChI=1S/C20H19N3O2/c24-19(11-13-12-21-17-7-3-1-5-15(13)17)23-18-8-4-2-6-16(18)20(25)22-14-9-10-14/h1-8,12,14,21H,9-11H2,(H,22,25)(H,23,24). The van der Waals surface area contributed by atoms with Gasteiger partial charge in [0.2, 0.25) is 5.91 Å². The second-order valence-electron chi connectivity index (χ2n) is 6.38. The summed E-state index contributed by atoms with van der Waals surface area (Å²) < 4.78 is 0. The van der Waals surface area contributed by atoms with Crippen molar-refractivity contribution < 1.29 is 9.59 Å². The Hall–Kier alpha value is -3.08. The number of carbonyl (C=O) groups excluding carboxylic acids is 2. The van der Waals surface area contributed by atoms with Crippen molar-refractivity contribution in [2.45, 2.75) is 25.3 Å². The first kappa shape index (κ1) is 15.4. The molecular weight excluding hydrogens is 314 g/mol. The molecule has 0 atom stereocenters. The molecule has 126 valence electrons. The molecule has 0 aliphatic heterocycles. The first-order valence-electron chi connectivity index (χ1n) is 8.45. The van der Waals surface area contributed by atoms with Gasteiger partial charge in [0.05, 0.1) is 17.7 Å². The van der Waals surface area contributed by atoms with Gasteiger partial charge in [0, 0.05) is 23.1 Å². The maximum Gasteiger partial charge on any atom is 0.253 e. The van der Waals surface area contributed by atoms with Crippen LogP contribution < -0.4 is 10.6 Å². The minimum atomic E-state index is -0.142. The summed E-state index contributed by atoms with van der Waals surface area (Å²) in [5.74, 6) is -0.276. The van der Waals surface area contributed by atoms with E-state index < -0.39 is 0 Å². The minimum Gasteiger partial charge on any atom is -0.361 e. The first-order chi connectivity index (χ1) is 12.2. The summed E-state index contributed by atoms with van der Waals surface area (Å²) in [7, 11) is 0. The van der Waals surface area contributed by atoms with E-state index in [4.69, 9.17) is 0 Å². The van der Waals surface area contributed by atoms with Crippen LogP contribution in [0, 0.1) is 0 Å². The number of aromatic amines is 1. The number of para-hydroxylation sites is 2. The van der Waals surface area contributed by atoms with Crippen LogP contribution in [0.5, 0.6) is 0 Å². The van der Waals surface area contributed by atoms with Crippen LogP contribution in [0.2, 0.25) is 0 Å². The first-order valence-corrected chi connectivity index (χ1v) is 8.45. The lowest BCUT2D eigenvalue weighted by Gasteiger charge is -2.11. The quantitative estimate of drug-likeness (QED) is 0.670. The van der Waals surface area contributed by atoms with Gasteiger partial charge < -0.3 is 15.6 Å². The Labute approximate surface area is 145 Å². The van der Waals surface area contributed by atoms with Crippen LogP contribution in [-0.4, -0.2) is 22.8 Å². The maximum atomic E-state index is 12.5. The number of nitrogens with one attached hydrogen (secondary N) is 3. The molecule has 1 heterocycles. The predicted octanol–water partition coefficient (Wildman–Crippen LogP) is 3.24. The van der Waals surface area contributed by atoms with Crippen LogP contribution in [0.1, 0.15) is 28.8 Å². The number of benzene rings is 2. The Morgan fingerprint density at radius 1 is 1.04 bits per heavy atom. The molecule has 25 heavy (non-hydrogen) atoms. The maximum absolute atomic E-state index is 12.5. The summed E-state index contributed by atoms with van der Waals surface area (Å²) in [5.41, 5.74) is 3.00. The molecule has 1 aromatic heterocycles. The third-order valence-corrected chi connectivity index (χ3v) is 4.38. The van der Waals surface area contributed by atoms with Crippen LogP contribution in [0.3, 0.4) is 0 Å². The van der Waals surface area contributed by atoms with E-state index in [2.05, 4.69) is 15.6 Å². The van der Waals surface area contributed by atoms with Crippen molar-refractivity contribution in [1.29, 1.82) is 0 Å². The Bertz CT molecular complexity index is 941. The smallest absolute Gasteiger partial charge is 0.253 e. The van der Waals surface area contributed by atoms with Gasteiger partial charge in [0.1, 0.15) is 0 Å². The van der Waals surface area contributed by atoms with Gasteiger partial charge in [-0.05, 0) is 36.6 Å². The van der Waals surface area contributed by atoms with Crippen molar-refractivity contribution in [3.8, 4) is 0 Å². The molecule has 4 rings (SSSR count). The fraction of sp³-hybridized carbons (Fsp3) is 0.200. The van der Waals surface area contributed by atoms with Crippen LogP contribution >= 0.6 is 0 Å². The van der Waals surface area contributed by atoms with Crippen LogP contribution in [-0.2, 0) is 11.2 Å². The molecule has 3 N–H and O–H groups in total. The summed E-state index contributed by atoms with van der Waals surface area (Å²) in [6.45, 7) is 0. The van der Waals surface area contributed by atoms with E-state index in [1.165, 1.54) is 0 Å². The molecule has 3 aromatic rings. The zero-order valence-corrected chi connectivity index (χ0v) is 13.7. The van der Waals surface area contributed by atoms with Crippen molar-refractivity contribution in [3.63, 3.8) is 0 Å². The molecule has 0 saturated heterocycles. The number of H-pyrrole nitrogens is 1. The highest BCUT2D eigenvalue weighted by Gasteiger charge is 2.25. The van der Waals surface area contributed by atoms with Gasteiger partial charge in [-0.2, -0.15) is 0 Å². The topological polar surface area (TPSA) is 74.0 Å². The van der Waals surface area contributed by atoms with Crippen molar-refractivity contribution in [3.05, 3.63) is 65.9 Å². The average Bonchev–Trinajstić information content (AvgIpc) is 3.34. The second kappa shape index (κ2) is 6.43. The van der Waals surface area contributed by atoms with Gasteiger partial charge in [-0.3, -0.25) is 9.59 Å². The number of aromatic nitrogens is 1. The molecular formula is C20H19N3O2. The molecule has 1 aliphatic carbocycles. The molecule has 1 fully saturated rings. The Kier molecular flexibility index (Phi) is 3.98. The largest absolute Gasteiger partial charge is 0.361 e. The van der Waals surface area contributed by atoms with E-state index in [0.717, 1.165) is 29.3 Å². The van der Waals surface area contributed by atoms with Crippen LogP contribution in [0.15, 0.2) is 54.7 Å². The van der Waals surface area contributed by atoms with Gasteiger partial charge in [-0.1, -0.05) is 30.3 Å². The monoisotopic (exact) mass is 333 g/mol. The number of hydrogen-bond donors (Lipinski definition) is 3. The van der Waals surface area contributed by atoms with E-state index in [-0.39, 0.29) is 24.3 Å². The molecule has 5 heteroatoms. The fourth-order valence-corrected chi connectivity index (χ4v) is 2.93. The Balaban J connectivity index is 1.50. The Morgan fingerprint density at radius 2 is 1.80 bits per heavy atom. The fourth-order valence-electron chi connectivity index (χ4n) is 2.93. The van der Waals surface area contributed by atoms with Gasteiger partial charge in [-0.15, -0.1) is 0 Å².